The van der Waals surface area contributed by atoms with Gasteiger partial charge < -0.3 is 10.8 Å². The maximum Gasteiger partial charge on any atom is 0.320 e. The molecule has 1 atom stereocenters. The van der Waals surface area contributed by atoms with Gasteiger partial charge in [0, 0.05) is 24.2 Å². The summed E-state index contributed by atoms with van der Waals surface area (Å²) in [6.07, 6.45) is 3.95. The van der Waals surface area contributed by atoms with Crippen LogP contribution in [0.5, 0.6) is 0 Å². The van der Waals surface area contributed by atoms with Crippen molar-refractivity contribution in [1.82, 2.24) is 9.38 Å². The van der Waals surface area contributed by atoms with E-state index in [0.29, 0.717) is 5.69 Å². The van der Waals surface area contributed by atoms with E-state index in [4.69, 9.17) is 10.8 Å². The summed E-state index contributed by atoms with van der Waals surface area (Å²) >= 11 is 1.51. The molecular formula is C8H9N3O2S. The van der Waals surface area contributed by atoms with Crippen LogP contribution in [0.3, 0.4) is 0 Å². The van der Waals surface area contributed by atoms with Gasteiger partial charge in [0.2, 0.25) is 0 Å². The molecule has 0 aliphatic heterocycles. The minimum atomic E-state index is -0.999. The summed E-state index contributed by atoms with van der Waals surface area (Å²) in [6.45, 7) is 0. The maximum atomic E-state index is 10.5. The van der Waals surface area contributed by atoms with Gasteiger partial charge >= 0.3 is 5.97 Å². The first-order chi connectivity index (χ1) is 6.66. The van der Waals surface area contributed by atoms with E-state index < -0.39 is 12.0 Å². The van der Waals surface area contributed by atoms with E-state index in [2.05, 4.69) is 4.98 Å². The number of carboxylic acids is 1. The first-order valence-corrected chi connectivity index (χ1v) is 4.94. The molecule has 3 N–H and O–H groups in total. The van der Waals surface area contributed by atoms with Crippen molar-refractivity contribution in [2.24, 2.45) is 5.73 Å². The lowest BCUT2D eigenvalue weighted by atomic mass is 10.2. The van der Waals surface area contributed by atoms with Gasteiger partial charge in [-0.3, -0.25) is 9.20 Å². The highest BCUT2D eigenvalue weighted by Crippen LogP contribution is 2.12. The Hall–Kier alpha value is -1.40. The van der Waals surface area contributed by atoms with Gasteiger partial charge in [-0.2, -0.15) is 0 Å². The number of thiazole rings is 1. The number of nitrogens with zero attached hydrogens (tertiary/aromatic N) is 2. The van der Waals surface area contributed by atoms with Crippen molar-refractivity contribution in [1.29, 1.82) is 0 Å². The molecule has 0 saturated heterocycles. The van der Waals surface area contributed by atoms with E-state index in [1.165, 1.54) is 11.3 Å². The molecule has 0 fully saturated rings. The molecule has 0 aliphatic rings. The van der Waals surface area contributed by atoms with Crippen LogP contribution in [-0.4, -0.2) is 26.5 Å². The molecule has 74 valence electrons. The van der Waals surface area contributed by atoms with Gasteiger partial charge in [0.05, 0.1) is 5.69 Å². The lowest BCUT2D eigenvalue weighted by molar-refractivity contribution is -0.138. The molecule has 0 unspecified atom stereocenters. The second-order valence-corrected chi connectivity index (χ2v) is 3.85. The normalized spacial score (nSPS) is 13.2. The molecule has 0 radical (unpaired) electrons. The van der Waals surface area contributed by atoms with E-state index in [1.807, 2.05) is 16.0 Å². The molecule has 14 heavy (non-hydrogen) atoms. The summed E-state index contributed by atoms with van der Waals surface area (Å²) < 4.78 is 1.86. The van der Waals surface area contributed by atoms with E-state index in [9.17, 15) is 4.79 Å². The molecule has 2 heterocycles. The van der Waals surface area contributed by atoms with Crippen molar-refractivity contribution in [3.8, 4) is 0 Å². The molecule has 5 nitrogen and oxygen atoms in total. The summed E-state index contributed by atoms with van der Waals surface area (Å²) in [6, 6.07) is -0.875. The van der Waals surface area contributed by atoms with Crippen LogP contribution in [0.15, 0.2) is 17.8 Å². The number of imidazole rings is 1. The van der Waals surface area contributed by atoms with Gasteiger partial charge in [0.15, 0.2) is 4.96 Å². The molecule has 0 aliphatic carbocycles. The maximum absolute atomic E-state index is 10.5. The average molecular weight is 211 g/mol. The Morgan fingerprint density at radius 3 is 3.21 bits per heavy atom. The summed E-state index contributed by atoms with van der Waals surface area (Å²) in [5.74, 6) is -0.999. The molecule has 0 spiro atoms. The van der Waals surface area contributed by atoms with E-state index in [-0.39, 0.29) is 6.42 Å². The molecular weight excluding hydrogens is 202 g/mol. The molecule has 0 bridgehead atoms. The lowest BCUT2D eigenvalue weighted by Crippen LogP contribution is -2.32. The first-order valence-electron chi connectivity index (χ1n) is 4.06. The Kier molecular flexibility index (Phi) is 2.22. The van der Waals surface area contributed by atoms with Gasteiger partial charge in [-0.15, -0.1) is 11.3 Å². The molecule has 2 rings (SSSR count). The van der Waals surface area contributed by atoms with Gasteiger partial charge in [-0.05, 0) is 0 Å². The van der Waals surface area contributed by atoms with Crippen molar-refractivity contribution in [3.63, 3.8) is 0 Å². The number of nitrogens with two attached hydrogens (primary N) is 1. The number of rotatable bonds is 3. The minimum Gasteiger partial charge on any atom is -0.480 e. The lowest BCUT2D eigenvalue weighted by Gasteiger charge is -2.01. The van der Waals surface area contributed by atoms with E-state index in [0.717, 1.165) is 4.96 Å². The van der Waals surface area contributed by atoms with Gasteiger partial charge in [-0.1, -0.05) is 0 Å². The summed E-state index contributed by atoms with van der Waals surface area (Å²) in [5.41, 5.74) is 6.11. The van der Waals surface area contributed by atoms with Crippen LogP contribution >= 0.6 is 11.3 Å². The SMILES string of the molecule is N[C@@H](Cc1cn2ccsc2n1)C(=O)O. The highest BCUT2D eigenvalue weighted by molar-refractivity contribution is 7.15. The van der Waals surface area contributed by atoms with Gasteiger partial charge in [0.1, 0.15) is 6.04 Å². The summed E-state index contributed by atoms with van der Waals surface area (Å²) in [4.78, 5) is 15.6. The van der Waals surface area contributed by atoms with Crippen LogP contribution in [0.2, 0.25) is 0 Å². The molecule has 2 aromatic heterocycles. The number of aromatic nitrogens is 2. The third-order valence-electron chi connectivity index (χ3n) is 1.89. The van der Waals surface area contributed by atoms with Crippen molar-refractivity contribution < 1.29 is 9.90 Å². The third-order valence-corrected chi connectivity index (χ3v) is 2.66. The predicted octanol–water partition coefficient (Wildman–Crippen LogP) is 0.350. The number of aliphatic carboxylic acids is 1. The molecule has 0 saturated carbocycles. The number of fused-ring (bicyclic) bond motifs is 1. The fourth-order valence-electron chi connectivity index (χ4n) is 1.19. The fraction of sp³-hybridized carbons (Fsp3) is 0.250. The van der Waals surface area contributed by atoms with Gasteiger partial charge in [0.25, 0.3) is 0 Å². The van der Waals surface area contributed by atoms with E-state index >= 15 is 0 Å². The Morgan fingerprint density at radius 2 is 2.57 bits per heavy atom. The Labute approximate surface area is 83.8 Å². The highest BCUT2D eigenvalue weighted by Gasteiger charge is 2.14. The Balaban J connectivity index is 2.19. The topological polar surface area (TPSA) is 80.6 Å². The van der Waals surface area contributed by atoms with Crippen LogP contribution in [-0.2, 0) is 11.2 Å². The first kappa shape index (κ1) is 9.17. The molecule has 6 heteroatoms. The zero-order chi connectivity index (χ0) is 10.1. The fourth-order valence-corrected chi connectivity index (χ4v) is 1.91. The van der Waals surface area contributed by atoms with Crippen molar-refractivity contribution in [3.05, 3.63) is 23.5 Å². The second kappa shape index (κ2) is 3.39. The number of hydrogen-bond acceptors (Lipinski definition) is 4. The zero-order valence-electron chi connectivity index (χ0n) is 7.25. The van der Waals surface area contributed by atoms with Crippen LogP contribution in [0.25, 0.3) is 4.96 Å². The molecule has 2 aromatic rings. The number of carboxylic acid groups (broad SMARTS) is 1. The van der Waals surface area contributed by atoms with Gasteiger partial charge in [-0.25, -0.2) is 4.98 Å². The standard InChI is InChI=1S/C8H9N3O2S/c9-6(7(12)13)3-5-4-11-1-2-14-8(11)10-5/h1-2,4,6H,3,9H2,(H,12,13)/t6-/m0/s1. The second-order valence-electron chi connectivity index (χ2n) is 2.97. The van der Waals surface area contributed by atoms with E-state index in [1.54, 1.807) is 6.20 Å². The van der Waals surface area contributed by atoms with Crippen LogP contribution in [0.1, 0.15) is 5.69 Å². The molecule has 0 aromatic carbocycles. The van der Waals surface area contributed by atoms with Crippen LogP contribution < -0.4 is 5.73 Å². The highest BCUT2D eigenvalue weighted by atomic mass is 32.1. The minimum absolute atomic E-state index is 0.268. The largest absolute Gasteiger partial charge is 0.480 e. The average Bonchev–Trinajstić information content (AvgIpc) is 2.63. The molecule has 0 amide bonds. The summed E-state index contributed by atoms with van der Waals surface area (Å²) in [7, 11) is 0. The zero-order valence-corrected chi connectivity index (χ0v) is 8.07. The number of hydrogen-bond donors (Lipinski definition) is 2. The van der Waals surface area contributed by atoms with Crippen LogP contribution in [0.4, 0.5) is 0 Å². The quantitative estimate of drug-likeness (QED) is 0.767. The van der Waals surface area contributed by atoms with Crippen molar-refractivity contribution in [2.45, 2.75) is 12.5 Å². The monoisotopic (exact) mass is 211 g/mol. The van der Waals surface area contributed by atoms with Crippen molar-refractivity contribution in [2.75, 3.05) is 0 Å². The Bertz CT molecular complexity index is 433. The number of carbonyl (C=O) groups is 1. The summed E-state index contributed by atoms with van der Waals surface area (Å²) in [5, 5.41) is 10.5. The smallest absolute Gasteiger partial charge is 0.320 e. The predicted molar refractivity (Wildman–Crippen MR) is 52.4 cm³/mol. The third kappa shape index (κ3) is 1.61. The van der Waals surface area contributed by atoms with Crippen LogP contribution in [0, 0.1) is 0 Å². The van der Waals surface area contributed by atoms with Crippen molar-refractivity contribution >= 4 is 22.3 Å². The Morgan fingerprint density at radius 1 is 1.79 bits per heavy atom.